The lowest BCUT2D eigenvalue weighted by Crippen LogP contribution is -2.33. The lowest BCUT2D eigenvalue weighted by Gasteiger charge is -2.25. The van der Waals surface area contributed by atoms with Crippen molar-refractivity contribution in [3.05, 3.63) is 11.9 Å². The highest BCUT2D eigenvalue weighted by molar-refractivity contribution is 5.66. The number of alkyl halides is 2. The standard InChI is InChI=1S/C9H12F2N4O2/c10-7(11)4-15-8-5(14-9(16)17)1-2-12-6(8)3-13-15/h3,5,7,12,14H,1-2,4H2,(H,16,17). The largest absolute Gasteiger partial charge is 0.465 e. The maximum atomic E-state index is 12.3. The molecule has 0 aromatic carbocycles. The number of aromatic nitrogens is 2. The van der Waals surface area contributed by atoms with Gasteiger partial charge in [-0.1, -0.05) is 0 Å². The lowest BCUT2D eigenvalue weighted by atomic mass is 10.1. The minimum atomic E-state index is -2.52. The molecular weight excluding hydrogens is 234 g/mol. The van der Waals surface area contributed by atoms with Crippen molar-refractivity contribution in [2.45, 2.75) is 25.4 Å². The molecule has 1 atom stereocenters. The predicted octanol–water partition coefficient (Wildman–Crippen LogP) is 1.27. The van der Waals surface area contributed by atoms with Crippen LogP contribution in [0.15, 0.2) is 6.20 Å². The van der Waals surface area contributed by atoms with E-state index in [9.17, 15) is 13.6 Å². The van der Waals surface area contributed by atoms with E-state index in [4.69, 9.17) is 5.11 Å². The van der Waals surface area contributed by atoms with E-state index in [1.54, 1.807) is 0 Å². The summed E-state index contributed by atoms with van der Waals surface area (Å²) < 4.78 is 25.8. The molecule has 0 saturated carbocycles. The molecule has 0 bridgehead atoms. The molecule has 1 unspecified atom stereocenters. The molecule has 8 heteroatoms. The average Bonchev–Trinajstić information content (AvgIpc) is 2.61. The van der Waals surface area contributed by atoms with Crippen LogP contribution >= 0.6 is 0 Å². The number of nitrogens with zero attached hydrogens (tertiary/aromatic N) is 2. The number of anilines is 1. The molecule has 0 saturated heterocycles. The summed E-state index contributed by atoms with van der Waals surface area (Å²) in [5.74, 6) is 0. The third-order valence-corrected chi connectivity index (χ3v) is 2.57. The Morgan fingerprint density at radius 2 is 2.53 bits per heavy atom. The van der Waals surface area contributed by atoms with Crippen LogP contribution in [0, 0.1) is 0 Å². The monoisotopic (exact) mass is 246 g/mol. The molecule has 0 fully saturated rings. The van der Waals surface area contributed by atoms with Gasteiger partial charge in [0.25, 0.3) is 6.43 Å². The quantitative estimate of drug-likeness (QED) is 0.750. The van der Waals surface area contributed by atoms with Crippen molar-refractivity contribution in [1.29, 1.82) is 0 Å². The number of amides is 1. The number of halogens is 2. The van der Waals surface area contributed by atoms with Crippen LogP contribution in [0.4, 0.5) is 19.3 Å². The average molecular weight is 246 g/mol. The second-order valence-corrected chi connectivity index (χ2v) is 3.73. The fourth-order valence-corrected chi connectivity index (χ4v) is 1.95. The van der Waals surface area contributed by atoms with Gasteiger partial charge in [0.15, 0.2) is 0 Å². The normalized spacial score (nSPS) is 18.6. The highest BCUT2D eigenvalue weighted by Gasteiger charge is 2.27. The second kappa shape index (κ2) is 4.56. The van der Waals surface area contributed by atoms with Crippen molar-refractivity contribution in [1.82, 2.24) is 15.1 Å². The highest BCUT2D eigenvalue weighted by atomic mass is 19.3. The minimum Gasteiger partial charge on any atom is -0.465 e. The summed E-state index contributed by atoms with van der Waals surface area (Å²) in [4.78, 5) is 10.6. The minimum absolute atomic E-state index is 0.471. The second-order valence-electron chi connectivity index (χ2n) is 3.73. The molecule has 0 spiro atoms. The van der Waals surface area contributed by atoms with Gasteiger partial charge in [-0.3, -0.25) is 4.68 Å². The van der Waals surface area contributed by atoms with Gasteiger partial charge in [0.2, 0.25) is 0 Å². The molecule has 2 rings (SSSR count). The topological polar surface area (TPSA) is 79.2 Å². The number of carbonyl (C=O) groups is 1. The summed E-state index contributed by atoms with van der Waals surface area (Å²) >= 11 is 0. The number of rotatable bonds is 3. The van der Waals surface area contributed by atoms with Crippen LogP contribution < -0.4 is 10.6 Å². The van der Waals surface area contributed by atoms with Gasteiger partial charge in [-0.25, -0.2) is 13.6 Å². The van der Waals surface area contributed by atoms with E-state index in [0.717, 1.165) is 4.68 Å². The van der Waals surface area contributed by atoms with E-state index in [1.807, 2.05) is 0 Å². The Labute approximate surface area is 95.6 Å². The SMILES string of the molecule is O=C(O)NC1CCNc2cnn(CC(F)F)c21. The van der Waals surface area contributed by atoms with Crippen LogP contribution in [0.2, 0.25) is 0 Å². The van der Waals surface area contributed by atoms with Crippen LogP contribution in [-0.4, -0.2) is 34.0 Å². The number of hydrogen-bond acceptors (Lipinski definition) is 3. The van der Waals surface area contributed by atoms with Gasteiger partial charge in [0, 0.05) is 6.54 Å². The maximum Gasteiger partial charge on any atom is 0.405 e. The number of carboxylic acid groups (broad SMARTS) is 1. The lowest BCUT2D eigenvalue weighted by molar-refractivity contribution is 0.119. The van der Waals surface area contributed by atoms with E-state index in [0.29, 0.717) is 24.3 Å². The van der Waals surface area contributed by atoms with Crippen molar-refractivity contribution < 1.29 is 18.7 Å². The Morgan fingerprint density at radius 3 is 3.18 bits per heavy atom. The zero-order chi connectivity index (χ0) is 12.4. The van der Waals surface area contributed by atoms with Crippen LogP contribution in [0.25, 0.3) is 0 Å². The van der Waals surface area contributed by atoms with Gasteiger partial charge in [-0.2, -0.15) is 5.10 Å². The Balaban J connectivity index is 2.27. The fraction of sp³-hybridized carbons (Fsp3) is 0.556. The molecule has 2 heterocycles. The molecule has 1 amide bonds. The molecule has 1 aromatic rings. The predicted molar refractivity (Wildman–Crippen MR) is 55.2 cm³/mol. The summed E-state index contributed by atoms with van der Waals surface area (Å²) in [5, 5.41) is 17.8. The smallest absolute Gasteiger partial charge is 0.405 e. The maximum absolute atomic E-state index is 12.3. The molecule has 0 aliphatic carbocycles. The molecule has 1 aliphatic rings. The van der Waals surface area contributed by atoms with E-state index in [-0.39, 0.29) is 0 Å². The molecule has 94 valence electrons. The fourth-order valence-electron chi connectivity index (χ4n) is 1.95. The molecule has 0 radical (unpaired) electrons. The third kappa shape index (κ3) is 2.45. The summed E-state index contributed by atoms with van der Waals surface area (Å²) in [6, 6.07) is -0.495. The number of nitrogens with one attached hydrogen (secondary N) is 2. The summed E-state index contributed by atoms with van der Waals surface area (Å²) in [5.41, 5.74) is 1.08. The number of fused-ring (bicyclic) bond motifs is 1. The van der Waals surface area contributed by atoms with Crippen molar-refractivity contribution in [3.8, 4) is 0 Å². The molecule has 6 nitrogen and oxygen atoms in total. The van der Waals surface area contributed by atoms with E-state index < -0.39 is 25.1 Å². The van der Waals surface area contributed by atoms with Gasteiger partial charge in [0.05, 0.1) is 23.6 Å². The van der Waals surface area contributed by atoms with Crippen molar-refractivity contribution in [3.63, 3.8) is 0 Å². The first-order valence-electron chi connectivity index (χ1n) is 5.15. The summed E-state index contributed by atoms with van der Waals surface area (Å²) in [7, 11) is 0. The van der Waals surface area contributed by atoms with E-state index in [1.165, 1.54) is 6.20 Å². The Morgan fingerprint density at radius 1 is 1.76 bits per heavy atom. The van der Waals surface area contributed by atoms with Gasteiger partial charge in [-0.05, 0) is 6.42 Å². The van der Waals surface area contributed by atoms with Crippen LogP contribution in [0.1, 0.15) is 18.2 Å². The summed E-state index contributed by atoms with van der Waals surface area (Å²) in [6.07, 6.45) is -1.75. The van der Waals surface area contributed by atoms with Gasteiger partial charge in [-0.15, -0.1) is 0 Å². The van der Waals surface area contributed by atoms with Gasteiger partial charge in [0.1, 0.15) is 6.54 Å². The highest BCUT2D eigenvalue weighted by Crippen LogP contribution is 2.29. The zero-order valence-corrected chi connectivity index (χ0v) is 8.86. The van der Waals surface area contributed by atoms with E-state index in [2.05, 4.69) is 15.7 Å². The number of hydrogen-bond donors (Lipinski definition) is 3. The first kappa shape index (κ1) is 11.6. The third-order valence-electron chi connectivity index (χ3n) is 2.57. The van der Waals surface area contributed by atoms with Crippen LogP contribution in [0.5, 0.6) is 0 Å². The molecule has 17 heavy (non-hydrogen) atoms. The van der Waals surface area contributed by atoms with Crippen molar-refractivity contribution in [2.75, 3.05) is 11.9 Å². The Bertz CT molecular complexity index is 421. The van der Waals surface area contributed by atoms with Crippen LogP contribution in [0.3, 0.4) is 0 Å². The van der Waals surface area contributed by atoms with E-state index >= 15 is 0 Å². The van der Waals surface area contributed by atoms with Crippen LogP contribution in [-0.2, 0) is 6.54 Å². The molecular formula is C9H12F2N4O2. The summed E-state index contributed by atoms with van der Waals surface area (Å²) in [6.45, 7) is 0.0487. The first-order chi connectivity index (χ1) is 8.08. The van der Waals surface area contributed by atoms with Gasteiger partial charge >= 0.3 is 6.09 Å². The Hall–Kier alpha value is -1.86. The van der Waals surface area contributed by atoms with Crippen molar-refractivity contribution in [2.24, 2.45) is 0 Å². The molecule has 3 N–H and O–H groups in total. The Kier molecular flexibility index (Phi) is 3.12. The first-order valence-corrected chi connectivity index (χ1v) is 5.15. The van der Waals surface area contributed by atoms with Gasteiger partial charge < -0.3 is 15.7 Å². The molecule has 1 aliphatic heterocycles. The van der Waals surface area contributed by atoms with Crippen molar-refractivity contribution >= 4 is 11.8 Å². The zero-order valence-electron chi connectivity index (χ0n) is 8.86. The molecule has 1 aromatic heterocycles.